The van der Waals surface area contributed by atoms with E-state index in [-0.39, 0.29) is 5.82 Å². The Balaban J connectivity index is 1.80. The van der Waals surface area contributed by atoms with E-state index in [0.29, 0.717) is 5.82 Å². The first kappa shape index (κ1) is 13.3. The van der Waals surface area contributed by atoms with Crippen molar-refractivity contribution in [2.24, 2.45) is 0 Å². The number of imidazole rings is 1. The second-order valence-electron chi connectivity index (χ2n) is 4.78. The Morgan fingerprint density at radius 3 is 2.71 bits per heavy atom. The number of rotatable bonds is 4. The number of aromatic nitrogens is 3. The second-order valence-corrected chi connectivity index (χ2v) is 4.78. The fraction of sp³-hybridized carbons (Fsp3) is 0.125. The number of halogens is 1. The van der Waals surface area contributed by atoms with Crippen LogP contribution >= 0.6 is 0 Å². The number of nitrogen functional groups attached to an aromatic ring is 1. The van der Waals surface area contributed by atoms with Crippen LogP contribution in [-0.2, 0) is 13.0 Å². The maximum Gasteiger partial charge on any atom is 0.132 e. The van der Waals surface area contributed by atoms with Crippen molar-refractivity contribution in [2.45, 2.75) is 13.0 Å². The number of nitrogens with two attached hydrogens (primary N) is 1. The van der Waals surface area contributed by atoms with Gasteiger partial charge in [-0.3, -0.25) is 0 Å². The molecule has 0 bridgehead atoms. The minimum atomic E-state index is -0.217. The Bertz CT molecular complexity index is 734. The van der Waals surface area contributed by atoms with Gasteiger partial charge in [0.25, 0.3) is 0 Å². The highest BCUT2D eigenvalue weighted by molar-refractivity contribution is 5.70. The summed E-state index contributed by atoms with van der Waals surface area (Å²) in [7, 11) is 0. The molecule has 106 valence electrons. The zero-order chi connectivity index (χ0) is 14.7. The molecule has 0 aliphatic rings. The van der Waals surface area contributed by atoms with Crippen molar-refractivity contribution in [3.63, 3.8) is 0 Å². The highest BCUT2D eigenvalue weighted by Gasteiger charge is 2.08. The Morgan fingerprint density at radius 1 is 1.14 bits per heavy atom. The van der Waals surface area contributed by atoms with Crippen LogP contribution in [0.4, 0.5) is 10.2 Å². The minimum absolute atomic E-state index is 0.217. The molecular formula is C16H15FN4. The van der Waals surface area contributed by atoms with Crippen LogP contribution in [0, 0.1) is 5.82 Å². The standard InChI is InChI=1S/C16H15FN4/c17-13-5-3-12(4-6-13)7-9-21-11-19-10-15(21)14-2-1-8-20-16(14)18/h1-6,8,10-11H,7,9H2,(H2,18,20). The molecule has 3 aromatic rings. The summed E-state index contributed by atoms with van der Waals surface area (Å²) >= 11 is 0. The molecule has 0 aliphatic carbocycles. The van der Waals surface area contributed by atoms with E-state index in [9.17, 15) is 4.39 Å². The largest absolute Gasteiger partial charge is 0.383 e. The van der Waals surface area contributed by atoms with Crippen LogP contribution in [0.1, 0.15) is 5.56 Å². The molecule has 0 saturated heterocycles. The van der Waals surface area contributed by atoms with Crippen molar-refractivity contribution in [3.05, 3.63) is 66.5 Å². The molecule has 4 nitrogen and oxygen atoms in total. The zero-order valence-corrected chi connectivity index (χ0v) is 11.4. The van der Waals surface area contributed by atoms with Gasteiger partial charge in [0, 0.05) is 18.3 Å². The van der Waals surface area contributed by atoms with E-state index < -0.39 is 0 Å². The lowest BCUT2D eigenvalue weighted by Crippen LogP contribution is -2.03. The van der Waals surface area contributed by atoms with Crippen molar-refractivity contribution in [3.8, 4) is 11.3 Å². The molecule has 0 aliphatic heterocycles. The number of nitrogens with zero attached hydrogens (tertiary/aromatic N) is 3. The van der Waals surface area contributed by atoms with Gasteiger partial charge in [0.15, 0.2) is 0 Å². The average molecular weight is 282 g/mol. The first-order valence-corrected chi connectivity index (χ1v) is 6.69. The smallest absolute Gasteiger partial charge is 0.132 e. The van der Waals surface area contributed by atoms with Gasteiger partial charge in [-0.15, -0.1) is 0 Å². The lowest BCUT2D eigenvalue weighted by atomic mass is 10.1. The second kappa shape index (κ2) is 5.75. The summed E-state index contributed by atoms with van der Waals surface area (Å²) in [5.74, 6) is 0.270. The van der Waals surface area contributed by atoms with Gasteiger partial charge in [-0.25, -0.2) is 14.4 Å². The third kappa shape index (κ3) is 2.91. The quantitative estimate of drug-likeness (QED) is 0.800. The highest BCUT2D eigenvalue weighted by atomic mass is 19.1. The first-order valence-electron chi connectivity index (χ1n) is 6.69. The minimum Gasteiger partial charge on any atom is -0.383 e. The Hall–Kier alpha value is -2.69. The Labute approximate surface area is 122 Å². The third-order valence-electron chi connectivity index (χ3n) is 3.38. The van der Waals surface area contributed by atoms with E-state index in [1.807, 2.05) is 16.7 Å². The van der Waals surface area contributed by atoms with Crippen LogP contribution in [0.3, 0.4) is 0 Å². The van der Waals surface area contributed by atoms with Gasteiger partial charge in [0.05, 0.1) is 18.2 Å². The van der Waals surface area contributed by atoms with Crippen molar-refractivity contribution in [1.29, 1.82) is 0 Å². The maximum atomic E-state index is 12.9. The molecule has 5 heteroatoms. The van der Waals surface area contributed by atoms with Crippen LogP contribution in [0.15, 0.2) is 55.1 Å². The van der Waals surface area contributed by atoms with E-state index in [1.54, 1.807) is 30.9 Å². The molecule has 0 fully saturated rings. The SMILES string of the molecule is Nc1ncccc1-c1cncn1CCc1ccc(F)cc1. The lowest BCUT2D eigenvalue weighted by Gasteiger charge is -2.09. The van der Waals surface area contributed by atoms with Crippen molar-refractivity contribution in [1.82, 2.24) is 14.5 Å². The first-order chi connectivity index (χ1) is 10.2. The van der Waals surface area contributed by atoms with Gasteiger partial charge < -0.3 is 10.3 Å². The van der Waals surface area contributed by atoms with Crippen LogP contribution in [0.2, 0.25) is 0 Å². The molecule has 2 aromatic heterocycles. The van der Waals surface area contributed by atoms with Crippen molar-refractivity contribution >= 4 is 5.82 Å². The van der Waals surface area contributed by atoms with Crippen molar-refractivity contribution < 1.29 is 4.39 Å². The molecule has 0 spiro atoms. The molecule has 2 heterocycles. The summed E-state index contributed by atoms with van der Waals surface area (Å²) in [4.78, 5) is 8.28. The topological polar surface area (TPSA) is 56.7 Å². The van der Waals surface area contributed by atoms with Gasteiger partial charge >= 0.3 is 0 Å². The van der Waals surface area contributed by atoms with Gasteiger partial charge in [0.1, 0.15) is 11.6 Å². The van der Waals surface area contributed by atoms with Crippen LogP contribution < -0.4 is 5.73 Å². The fourth-order valence-electron chi connectivity index (χ4n) is 2.26. The van der Waals surface area contributed by atoms with Crippen LogP contribution in [0.25, 0.3) is 11.3 Å². The van der Waals surface area contributed by atoms with Gasteiger partial charge in [-0.05, 0) is 36.2 Å². The Kier molecular flexibility index (Phi) is 3.64. The van der Waals surface area contributed by atoms with Gasteiger partial charge in [-0.2, -0.15) is 0 Å². The molecule has 1 aromatic carbocycles. The van der Waals surface area contributed by atoms with E-state index in [2.05, 4.69) is 9.97 Å². The Morgan fingerprint density at radius 2 is 1.95 bits per heavy atom. The molecule has 3 rings (SSSR count). The predicted octanol–water partition coefficient (Wildman–Crippen LogP) is 2.91. The lowest BCUT2D eigenvalue weighted by molar-refractivity contribution is 0.625. The van der Waals surface area contributed by atoms with Gasteiger partial charge in [0.2, 0.25) is 0 Å². The molecule has 21 heavy (non-hydrogen) atoms. The van der Waals surface area contributed by atoms with E-state index >= 15 is 0 Å². The number of anilines is 1. The van der Waals surface area contributed by atoms with E-state index in [0.717, 1.165) is 29.8 Å². The number of aryl methyl sites for hydroxylation is 2. The summed E-state index contributed by atoms with van der Waals surface area (Å²) < 4.78 is 14.9. The summed E-state index contributed by atoms with van der Waals surface area (Å²) in [6.07, 6.45) is 6.01. The summed E-state index contributed by atoms with van der Waals surface area (Å²) in [6.45, 7) is 0.745. The number of benzene rings is 1. The van der Waals surface area contributed by atoms with Crippen LogP contribution in [0.5, 0.6) is 0 Å². The summed E-state index contributed by atoms with van der Waals surface area (Å²) in [5, 5.41) is 0. The third-order valence-corrected chi connectivity index (χ3v) is 3.38. The van der Waals surface area contributed by atoms with E-state index in [4.69, 9.17) is 5.73 Å². The number of hydrogen-bond donors (Lipinski definition) is 1. The monoisotopic (exact) mass is 282 g/mol. The van der Waals surface area contributed by atoms with E-state index in [1.165, 1.54) is 12.1 Å². The molecule has 2 N–H and O–H groups in total. The average Bonchev–Trinajstić information content (AvgIpc) is 2.95. The maximum absolute atomic E-state index is 12.9. The van der Waals surface area contributed by atoms with Crippen molar-refractivity contribution in [2.75, 3.05) is 5.73 Å². The highest BCUT2D eigenvalue weighted by Crippen LogP contribution is 2.23. The number of pyridine rings is 1. The zero-order valence-electron chi connectivity index (χ0n) is 11.4. The summed E-state index contributed by atoms with van der Waals surface area (Å²) in [5.41, 5.74) is 8.79. The van der Waals surface area contributed by atoms with Gasteiger partial charge in [-0.1, -0.05) is 12.1 Å². The molecular weight excluding hydrogens is 267 g/mol. The molecule has 0 radical (unpaired) electrons. The fourth-order valence-corrected chi connectivity index (χ4v) is 2.26. The number of hydrogen-bond acceptors (Lipinski definition) is 3. The molecule has 0 unspecified atom stereocenters. The van der Waals surface area contributed by atoms with Crippen LogP contribution in [-0.4, -0.2) is 14.5 Å². The molecule has 0 atom stereocenters. The summed E-state index contributed by atoms with van der Waals surface area (Å²) in [6, 6.07) is 10.3. The normalized spacial score (nSPS) is 10.7. The molecule has 0 saturated carbocycles. The molecule has 0 amide bonds. The predicted molar refractivity (Wildman–Crippen MR) is 80.0 cm³/mol.